The van der Waals surface area contributed by atoms with Crippen molar-refractivity contribution in [2.45, 2.75) is 45.1 Å². The molecule has 1 aliphatic carbocycles. The lowest BCUT2D eigenvalue weighted by molar-refractivity contribution is -0.123. The quantitative estimate of drug-likeness (QED) is 0.773. The molecule has 0 unspecified atom stereocenters. The molecule has 128 valence electrons. The Morgan fingerprint density at radius 3 is 2.52 bits per heavy atom. The van der Waals surface area contributed by atoms with Crippen LogP contribution in [-0.2, 0) is 11.2 Å². The fourth-order valence-electron chi connectivity index (χ4n) is 3.27. The standard InChI is InChI=1S/C19H31N3O/c1-16-7-9-18(10-8-16)21-19(23)15-22(14-12-20)13-11-17-5-3-2-4-6-17/h2-6,16,18H,7-15,20H2,1H3,(H,21,23). The molecule has 23 heavy (non-hydrogen) atoms. The smallest absolute Gasteiger partial charge is 0.234 e. The molecule has 1 aliphatic rings. The lowest BCUT2D eigenvalue weighted by atomic mass is 9.87. The molecule has 0 radical (unpaired) electrons. The molecule has 0 aromatic heterocycles. The topological polar surface area (TPSA) is 58.4 Å². The average molecular weight is 317 g/mol. The minimum Gasteiger partial charge on any atom is -0.352 e. The molecule has 0 bridgehead atoms. The number of benzene rings is 1. The first-order chi connectivity index (χ1) is 11.2. The van der Waals surface area contributed by atoms with Gasteiger partial charge in [0.15, 0.2) is 0 Å². The van der Waals surface area contributed by atoms with Gasteiger partial charge in [-0.1, -0.05) is 37.3 Å². The normalized spacial score (nSPS) is 21.3. The largest absolute Gasteiger partial charge is 0.352 e. The van der Waals surface area contributed by atoms with E-state index in [-0.39, 0.29) is 5.91 Å². The van der Waals surface area contributed by atoms with Gasteiger partial charge in [-0.25, -0.2) is 0 Å². The zero-order valence-electron chi connectivity index (χ0n) is 14.3. The number of hydrogen-bond acceptors (Lipinski definition) is 3. The Labute approximate surface area is 140 Å². The van der Waals surface area contributed by atoms with Crippen molar-refractivity contribution < 1.29 is 4.79 Å². The van der Waals surface area contributed by atoms with Gasteiger partial charge in [0, 0.05) is 25.7 Å². The van der Waals surface area contributed by atoms with E-state index in [0.29, 0.717) is 19.1 Å². The highest BCUT2D eigenvalue weighted by molar-refractivity contribution is 5.78. The zero-order valence-corrected chi connectivity index (χ0v) is 14.3. The molecule has 1 aromatic rings. The first kappa shape index (κ1) is 18.0. The van der Waals surface area contributed by atoms with Gasteiger partial charge in [-0.05, 0) is 43.6 Å². The van der Waals surface area contributed by atoms with Crippen molar-refractivity contribution in [3.05, 3.63) is 35.9 Å². The summed E-state index contributed by atoms with van der Waals surface area (Å²) < 4.78 is 0. The maximum Gasteiger partial charge on any atom is 0.234 e. The third kappa shape index (κ3) is 6.71. The summed E-state index contributed by atoms with van der Waals surface area (Å²) in [5.74, 6) is 0.953. The van der Waals surface area contributed by atoms with Gasteiger partial charge in [-0.2, -0.15) is 0 Å². The van der Waals surface area contributed by atoms with Crippen molar-refractivity contribution in [3.63, 3.8) is 0 Å². The van der Waals surface area contributed by atoms with Gasteiger partial charge >= 0.3 is 0 Å². The molecular weight excluding hydrogens is 286 g/mol. The maximum absolute atomic E-state index is 12.3. The lowest BCUT2D eigenvalue weighted by Crippen LogP contribution is -2.45. The first-order valence-corrected chi connectivity index (χ1v) is 8.93. The fourth-order valence-corrected chi connectivity index (χ4v) is 3.27. The van der Waals surface area contributed by atoms with Gasteiger partial charge in [0.1, 0.15) is 0 Å². The monoisotopic (exact) mass is 317 g/mol. The first-order valence-electron chi connectivity index (χ1n) is 8.93. The van der Waals surface area contributed by atoms with E-state index in [1.807, 2.05) is 6.07 Å². The third-order valence-electron chi connectivity index (χ3n) is 4.75. The van der Waals surface area contributed by atoms with Crippen LogP contribution in [0.1, 0.15) is 38.2 Å². The predicted molar refractivity (Wildman–Crippen MR) is 95.2 cm³/mol. The highest BCUT2D eigenvalue weighted by Crippen LogP contribution is 2.23. The van der Waals surface area contributed by atoms with E-state index in [1.165, 1.54) is 18.4 Å². The molecule has 0 spiro atoms. The summed E-state index contributed by atoms with van der Waals surface area (Å²) in [4.78, 5) is 14.5. The van der Waals surface area contributed by atoms with Crippen molar-refractivity contribution in [2.75, 3.05) is 26.2 Å². The van der Waals surface area contributed by atoms with Gasteiger partial charge in [-0.3, -0.25) is 9.69 Å². The number of nitrogens with one attached hydrogen (secondary N) is 1. The van der Waals surface area contributed by atoms with Crippen molar-refractivity contribution in [3.8, 4) is 0 Å². The molecule has 0 aliphatic heterocycles. The van der Waals surface area contributed by atoms with Crippen LogP contribution in [0, 0.1) is 5.92 Å². The Morgan fingerprint density at radius 2 is 1.87 bits per heavy atom. The number of carbonyl (C=O) groups excluding carboxylic acids is 1. The number of rotatable bonds is 8. The van der Waals surface area contributed by atoms with Crippen LogP contribution in [0.3, 0.4) is 0 Å². The van der Waals surface area contributed by atoms with E-state index in [4.69, 9.17) is 5.73 Å². The van der Waals surface area contributed by atoms with Crippen LogP contribution in [0.15, 0.2) is 30.3 Å². The number of nitrogens with two attached hydrogens (primary N) is 1. The Bertz CT molecular complexity index is 455. The van der Waals surface area contributed by atoms with E-state index in [0.717, 1.165) is 38.3 Å². The van der Waals surface area contributed by atoms with Crippen molar-refractivity contribution in [2.24, 2.45) is 11.7 Å². The fraction of sp³-hybridized carbons (Fsp3) is 0.632. The van der Waals surface area contributed by atoms with Crippen LogP contribution in [0.5, 0.6) is 0 Å². The van der Waals surface area contributed by atoms with Gasteiger partial charge < -0.3 is 11.1 Å². The summed E-state index contributed by atoms with van der Waals surface area (Å²) in [7, 11) is 0. The van der Waals surface area contributed by atoms with E-state index in [2.05, 4.69) is 41.4 Å². The van der Waals surface area contributed by atoms with Gasteiger partial charge in [0.05, 0.1) is 6.54 Å². The molecule has 0 saturated heterocycles. The molecular formula is C19H31N3O. The Morgan fingerprint density at radius 1 is 1.17 bits per heavy atom. The van der Waals surface area contributed by atoms with Gasteiger partial charge in [0.2, 0.25) is 5.91 Å². The molecule has 1 aromatic carbocycles. The van der Waals surface area contributed by atoms with E-state index in [9.17, 15) is 4.79 Å². The molecule has 0 atom stereocenters. The summed E-state index contributed by atoms with van der Waals surface area (Å²) >= 11 is 0. The summed E-state index contributed by atoms with van der Waals surface area (Å²) in [5.41, 5.74) is 7.00. The molecule has 2 rings (SSSR count). The molecule has 1 amide bonds. The van der Waals surface area contributed by atoms with Gasteiger partial charge in [0.25, 0.3) is 0 Å². The zero-order chi connectivity index (χ0) is 16.5. The minimum absolute atomic E-state index is 0.145. The second-order valence-corrected chi connectivity index (χ2v) is 6.82. The van der Waals surface area contributed by atoms with Crippen LogP contribution in [0.4, 0.5) is 0 Å². The maximum atomic E-state index is 12.3. The van der Waals surface area contributed by atoms with Crippen molar-refractivity contribution in [1.29, 1.82) is 0 Å². The predicted octanol–water partition coefficient (Wildman–Crippen LogP) is 2.18. The molecule has 1 saturated carbocycles. The minimum atomic E-state index is 0.145. The molecule has 1 fully saturated rings. The molecule has 4 heteroatoms. The summed E-state index contributed by atoms with van der Waals surface area (Å²) in [6, 6.07) is 10.8. The van der Waals surface area contributed by atoms with Crippen LogP contribution in [-0.4, -0.2) is 43.0 Å². The summed E-state index contributed by atoms with van der Waals surface area (Å²) in [6.45, 7) is 4.97. The number of carbonyl (C=O) groups is 1. The van der Waals surface area contributed by atoms with Gasteiger partial charge in [-0.15, -0.1) is 0 Å². The highest BCUT2D eigenvalue weighted by atomic mass is 16.2. The van der Waals surface area contributed by atoms with Crippen LogP contribution in [0.2, 0.25) is 0 Å². The number of amides is 1. The summed E-state index contributed by atoms with van der Waals surface area (Å²) in [6.07, 6.45) is 5.65. The number of hydrogen-bond donors (Lipinski definition) is 2. The van der Waals surface area contributed by atoms with E-state index >= 15 is 0 Å². The molecule has 3 N–H and O–H groups in total. The lowest BCUT2D eigenvalue weighted by Gasteiger charge is -2.28. The number of nitrogens with zero attached hydrogens (tertiary/aromatic N) is 1. The molecule has 4 nitrogen and oxygen atoms in total. The Kier molecular flexibility index (Phi) is 7.56. The third-order valence-corrected chi connectivity index (χ3v) is 4.75. The van der Waals surface area contributed by atoms with Crippen LogP contribution >= 0.6 is 0 Å². The average Bonchev–Trinajstić information content (AvgIpc) is 2.56. The van der Waals surface area contributed by atoms with E-state index in [1.54, 1.807) is 0 Å². The summed E-state index contributed by atoms with van der Waals surface area (Å²) in [5, 5.41) is 3.21. The van der Waals surface area contributed by atoms with Crippen LogP contribution < -0.4 is 11.1 Å². The van der Waals surface area contributed by atoms with Crippen LogP contribution in [0.25, 0.3) is 0 Å². The second kappa shape index (κ2) is 9.68. The molecule has 0 heterocycles. The van der Waals surface area contributed by atoms with E-state index < -0.39 is 0 Å². The van der Waals surface area contributed by atoms with Crippen molar-refractivity contribution in [1.82, 2.24) is 10.2 Å². The highest BCUT2D eigenvalue weighted by Gasteiger charge is 2.20. The second-order valence-electron chi connectivity index (χ2n) is 6.82. The Hall–Kier alpha value is -1.39. The SMILES string of the molecule is CC1CCC(NC(=O)CN(CCN)CCc2ccccc2)CC1. The Balaban J connectivity index is 1.75. The van der Waals surface area contributed by atoms with Crippen molar-refractivity contribution >= 4 is 5.91 Å².